The first-order valence-electron chi connectivity index (χ1n) is 2.83. The molecule has 4 heteroatoms. The minimum absolute atomic E-state index is 0. The van der Waals surface area contributed by atoms with Gasteiger partial charge in [-0.1, -0.05) is 23.3 Å². The monoisotopic (exact) mass is 149 g/mol. The zero-order chi connectivity index (χ0) is 7.23. The molecule has 0 atom stereocenters. The summed E-state index contributed by atoms with van der Waals surface area (Å²) in [4.78, 5) is 0. The maximum Gasteiger partial charge on any atom is 0.272 e. The lowest BCUT2D eigenvalue weighted by Gasteiger charge is -1.77. The van der Waals surface area contributed by atoms with Gasteiger partial charge in [0.15, 0.2) is 0 Å². The van der Waals surface area contributed by atoms with E-state index in [1.54, 1.807) is 6.19 Å². The van der Waals surface area contributed by atoms with E-state index in [0.717, 1.165) is 5.69 Å². The minimum atomic E-state index is 0. The molecule has 0 aliphatic carbocycles. The number of nitrogens with zero attached hydrogens (tertiary/aromatic N) is 2. The van der Waals surface area contributed by atoms with Gasteiger partial charge in [-0.3, -0.25) is 0 Å². The summed E-state index contributed by atoms with van der Waals surface area (Å²) in [6, 6.07) is 9.31. The highest BCUT2D eigenvalue weighted by Gasteiger charge is 1.89. The molecular weight excluding hydrogens is 142 g/mol. The van der Waals surface area contributed by atoms with Crippen LogP contribution in [0.2, 0.25) is 0 Å². The zero-order valence-corrected chi connectivity index (χ0v) is 5.73. The van der Waals surface area contributed by atoms with E-state index in [2.05, 4.69) is 10.2 Å². The van der Waals surface area contributed by atoms with Gasteiger partial charge in [-0.2, -0.15) is 5.26 Å². The SMILES string of the molecule is N#CN=[NH+]c1ccccc1.[OH-]. The van der Waals surface area contributed by atoms with Crippen molar-refractivity contribution in [2.75, 3.05) is 0 Å². The first kappa shape index (κ1) is 9.27. The summed E-state index contributed by atoms with van der Waals surface area (Å²) in [6.45, 7) is 0. The van der Waals surface area contributed by atoms with Crippen LogP contribution in [-0.2, 0) is 0 Å². The quantitative estimate of drug-likeness (QED) is 0.455. The maximum absolute atomic E-state index is 8.05. The Bertz CT molecular complexity index is 263. The highest BCUT2D eigenvalue weighted by Crippen LogP contribution is 1.94. The number of rotatable bonds is 1. The van der Waals surface area contributed by atoms with Gasteiger partial charge in [0.2, 0.25) is 5.69 Å². The molecule has 0 spiro atoms. The fourth-order valence-electron chi connectivity index (χ4n) is 0.602. The number of azo groups is 1. The predicted octanol–water partition coefficient (Wildman–Crippen LogP) is 0.155. The molecule has 0 radical (unpaired) electrons. The molecule has 1 rings (SSSR count). The molecule has 0 aliphatic heterocycles. The van der Waals surface area contributed by atoms with E-state index >= 15 is 0 Å². The average Bonchev–Trinajstić information content (AvgIpc) is 2.03. The van der Waals surface area contributed by atoms with Crippen LogP contribution in [0.15, 0.2) is 35.4 Å². The topological polar surface area (TPSA) is 80.1 Å². The van der Waals surface area contributed by atoms with Crippen LogP contribution in [0.4, 0.5) is 5.69 Å². The van der Waals surface area contributed by atoms with Crippen LogP contribution in [0.3, 0.4) is 0 Å². The fourth-order valence-corrected chi connectivity index (χ4v) is 0.602. The normalized spacial score (nSPS) is 8.64. The fraction of sp³-hybridized carbons (Fsp3) is 0. The van der Waals surface area contributed by atoms with Crippen LogP contribution in [-0.4, -0.2) is 5.48 Å². The Balaban J connectivity index is 0.000001000. The van der Waals surface area contributed by atoms with Crippen molar-refractivity contribution < 1.29 is 10.6 Å². The second kappa shape index (κ2) is 5.09. The molecule has 0 fully saturated rings. The standard InChI is InChI=1S/C7H5N3.H2O/c8-6-9-10-7-4-2-1-3-5-7;/h1-5H;1H2. The molecule has 0 aliphatic rings. The second-order valence-corrected chi connectivity index (χ2v) is 1.69. The van der Waals surface area contributed by atoms with E-state index in [9.17, 15) is 0 Å². The number of hydrogen-bond acceptors (Lipinski definition) is 3. The van der Waals surface area contributed by atoms with Crippen molar-refractivity contribution >= 4 is 5.69 Å². The molecule has 0 amide bonds. The van der Waals surface area contributed by atoms with Gasteiger partial charge in [-0.05, 0) is 0 Å². The van der Waals surface area contributed by atoms with Crippen molar-refractivity contribution in [1.82, 2.24) is 0 Å². The van der Waals surface area contributed by atoms with Gasteiger partial charge in [-0.25, -0.2) is 0 Å². The minimum Gasteiger partial charge on any atom is -0.870 e. The summed E-state index contributed by atoms with van der Waals surface area (Å²) in [6.07, 6.45) is 1.63. The van der Waals surface area contributed by atoms with Gasteiger partial charge in [0.25, 0.3) is 6.19 Å². The number of benzene rings is 1. The molecule has 0 aromatic heterocycles. The molecule has 0 saturated carbocycles. The second-order valence-electron chi connectivity index (χ2n) is 1.69. The van der Waals surface area contributed by atoms with Crippen LogP contribution in [0.5, 0.6) is 0 Å². The van der Waals surface area contributed by atoms with Crippen molar-refractivity contribution in [3.05, 3.63) is 30.3 Å². The summed E-state index contributed by atoms with van der Waals surface area (Å²) in [5, 5.41) is 13.9. The summed E-state index contributed by atoms with van der Waals surface area (Å²) >= 11 is 0. The van der Waals surface area contributed by atoms with Crippen molar-refractivity contribution in [3.8, 4) is 6.19 Å². The lowest BCUT2D eigenvalue weighted by atomic mass is 10.3. The first-order valence-corrected chi connectivity index (χ1v) is 2.83. The molecule has 0 heterocycles. The summed E-state index contributed by atoms with van der Waals surface area (Å²) in [7, 11) is 0. The lowest BCUT2D eigenvalue weighted by molar-refractivity contribution is -0.433. The van der Waals surface area contributed by atoms with E-state index < -0.39 is 0 Å². The third-order valence-electron chi connectivity index (χ3n) is 1.01. The zero-order valence-electron chi connectivity index (χ0n) is 5.73. The Morgan fingerprint density at radius 3 is 2.45 bits per heavy atom. The Morgan fingerprint density at radius 1 is 1.27 bits per heavy atom. The largest absolute Gasteiger partial charge is 0.870 e. The molecule has 0 unspecified atom stereocenters. The third-order valence-corrected chi connectivity index (χ3v) is 1.01. The summed E-state index contributed by atoms with van der Waals surface area (Å²) < 4.78 is 0. The molecule has 0 bridgehead atoms. The van der Waals surface area contributed by atoms with Crippen LogP contribution in [0.25, 0.3) is 0 Å². The molecule has 0 saturated heterocycles. The highest BCUT2D eigenvalue weighted by molar-refractivity contribution is 5.26. The van der Waals surface area contributed by atoms with Crippen LogP contribution < -0.4 is 5.11 Å². The number of hydrogen-bond donors (Lipinski definition) is 1. The summed E-state index contributed by atoms with van der Waals surface area (Å²) in [5.74, 6) is 0. The van der Waals surface area contributed by atoms with Gasteiger partial charge < -0.3 is 5.48 Å². The molecule has 56 valence electrons. The van der Waals surface area contributed by atoms with Crippen molar-refractivity contribution in [1.29, 1.82) is 5.26 Å². The predicted molar refractivity (Wildman–Crippen MR) is 37.0 cm³/mol. The Labute approximate surface area is 64.1 Å². The number of nitriles is 1. The van der Waals surface area contributed by atoms with Gasteiger partial charge in [0.1, 0.15) is 0 Å². The third kappa shape index (κ3) is 3.08. The van der Waals surface area contributed by atoms with Gasteiger partial charge in [0, 0.05) is 12.1 Å². The van der Waals surface area contributed by atoms with E-state index in [-0.39, 0.29) is 5.48 Å². The Morgan fingerprint density at radius 2 is 1.91 bits per heavy atom. The summed E-state index contributed by atoms with van der Waals surface area (Å²) in [5.41, 5.74) is 0.823. The Kier molecular flexibility index (Phi) is 4.29. The molecule has 4 nitrogen and oxygen atoms in total. The molecule has 11 heavy (non-hydrogen) atoms. The van der Waals surface area contributed by atoms with Crippen molar-refractivity contribution in [2.45, 2.75) is 0 Å². The van der Waals surface area contributed by atoms with Gasteiger partial charge >= 0.3 is 0 Å². The first-order chi connectivity index (χ1) is 4.93. The van der Waals surface area contributed by atoms with Gasteiger partial charge in [0.05, 0.1) is 5.11 Å². The van der Waals surface area contributed by atoms with E-state index in [1.807, 2.05) is 30.3 Å². The van der Waals surface area contributed by atoms with Crippen LogP contribution >= 0.6 is 0 Å². The molecular formula is C7H7N3O. The van der Waals surface area contributed by atoms with E-state index in [1.165, 1.54) is 0 Å². The van der Waals surface area contributed by atoms with Crippen molar-refractivity contribution in [3.63, 3.8) is 0 Å². The Hall–Kier alpha value is -1.73. The van der Waals surface area contributed by atoms with Crippen LogP contribution in [0.1, 0.15) is 0 Å². The molecule has 1 aromatic rings. The van der Waals surface area contributed by atoms with Crippen molar-refractivity contribution in [2.24, 2.45) is 5.11 Å². The van der Waals surface area contributed by atoms with E-state index in [4.69, 9.17) is 5.26 Å². The number of para-hydroxylation sites is 1. The van der Waals surface area contributed by atoms with Crippen LogP contribution in [0, 0.1) is 11.5 Å². The average molecular weight is 149 g/mol. The molecule has 1 aromatic carbocycles. The number of nitrogens with one attached hydrogen (secondary N) is 1. The maximum atomic E-state index is 8.05. The molecule has 2 N–H and O–H groups in total. The highest BCUT2D eigenvalue weighted by atomic mass is 16.0. The van der Waals surface area contributed by atoms with Gasteiger partial charge in [-0.15, -0.1) is 0 Å². The smallest absolute Gasteiger partial charge is 0.272 e. The van der Waals surface area contributed by atoms with E-state index in [0.29, 0.717) is 0 Å². The lowest BCUT2D eigenvalue weighted by Crippen LogP contribution is -2.57.